The molecule has 0 aliphatic carbocycles. The zero-order valence-electron chi connectivity index (χ0n) is 13.8. The van der Waals surface area contributed by atoms with Gasteiger partial charge in [0.15, 0.2) is 0 Å². The van der Waals surface area contributed by atoms with Crippen molar-refractivity contribution in [3.8, 4) is 0 Å². The van der Waals surface area contributed by atoms with Gasteiger partial charge in [0.25, 0.3) is 5.91 Å². The van der Waals surface area contributed by atoms with Crippen LogP contribution in [0.2, 0.25) is 5.02 Å². The van der Waals surface area contributed by atoms with Gasteiger partial charge in [0.1, 0.15) is 5.82 Å². The minimum absolute atomic E-state index is 0.0306. The number of carbonyl (C=O) groups is 1. The van der Waals surface area contributed by atoms with Gasteiger partial charge in [-0.05, 0) is 49.6 Å². The number of pyridine rings is 1. The number of halogens is 4. The van der Waals surface area contributed by atoms with E-state index in [2.05, 4.69) is 15.2 Å². The van der Waals surface area contributed by atoms with Gasteiger partial charge < -0.3 is 10.2 Å². The number of alkyl halides is 3. The highest BCUT2D eigenvalue weighted by molar-refractivity contribution is 6.31. The summed E-state index contributed by atoms with van der Waals surface area (Å²) in [6.45, 7) is 1.76. The maximum Gasteiger partial charge on any atom is 0.417 e. The van der Waals surface area contributed by atoms with Gasteiger partial charge in [0.2, 0.25) is 0 Å². The van der Waals surface area contributed by atoms with E-state index in [0.717, 1.165) is 38.1 Å². The highest BCUT2D eigenvalue weighted by Crippen LogP contribution is 2.36. The number of carbonyl (C=O) groups excluding carboxylic acids is 1. The third-order valence-electron chi connectivity index (χ3n) is 4.22. The number of nitrogens with zero attached hydrogens (tertiary/aromatic N) is 2. The van der Waals surface area contributed by atoms with Crippen LogP contribution in [-0.4, -0.2) is 24.0 Å². The summed E-state index contributed by atoms with van der Waals surface area (Å²) in [6.07, 6.45) is 0.263. The molecule has 1 aliphatic rings. The van der Waals surface area contributed by atoms with E-state index in [-0.39, 0.29) is 5.69 Å². The SMILES string of the molecule is O=C(Nc1ccc(Cl)c(C(F)(F)F)c1)c1ccnc(N2CCCCC2)c1. The summed E-state index contributed by atoms with van der Waals surface area (Å²) in [5, 5.41) is 2.07. The summed E-state index contributed by atoms with van der Waals surface area (Å²) in [4.78, 5) is 18.8. The molecule has 8 heteroatoms. The highest BCUT2D eigenvalue weighted by Gasteiger charge is 2.33. The summed E-state index contributed by atoms with van der Waals surface area (Å²) in [5.41, 5.74) is -0.618. The van der Waals surface area contributed by atoms with E-state index in [0.29, 0.717) is 11.4 Å². The van der Waals surface area contributed by atoms with E-state index in [9.17, 15) is 18.0 Å². The molecule has 1 saturated heterocycles. The lowest BCUT2D eigenvalue weighted by Crippen LogP contribution is -2.30. The van der Waals surface area contributed by atoms with Crippen molar-refractivity contribution in [3.63, 3.8) is 0 Å². The number of amides is 1. The van der Waals surface area contributed by atoms with Crippen molar-refractivity contribution in [2.75, 3.05) is 23.3 Å². The Kier molecular flexibility index (Phi) is 5.36. The largest absolute Gasteiger partial charge is 0.417 e. The lowest BCUT2D eigenvalue weighted by atomic mass is 10.1. The van der Waals surface area contributed by atoms with E-state index < -0.39 is 22.7 Å². The van der Waals surface area contributed by atoms with Crippen molar-refractivity contribution < 1.29 is 18.0 Å². The van der Waals surface area contributed by atoms with Crippen LogP contribution in [0.3, 0.4) is 0 Å². The fourth-order valence-electron chi connectivity index (χ4n) is 2.88. The zero-order valence-corrected chi connectivity index (χ0v) is 14.6. The Labute approximate surface area is 154 Å². The molecule has 26 heavy (non-hydrogen) atoms. The van der Waals surface area contributed by atoms with E-state index in [1.807, 2.05) is 0 Å². The van der Waals surface area contributed by atoms with Crippen LogP contribution in [0.4, 0.5) is 24.7 Å². The summed E-state index contributed by atoms with van der Waals surface area (Å²) < 4.78 is 38.8. The summed E-state index contributed by atoms with van der Waals surface area (Å²) in [6, 6.07) is 6.46. The summed E-state index contributed by atoms with van der Waals surface area (Å²) >= 11 is 5.59. The highest BCUT2D eigenvalue weighted by atomic mass is 35.5. The van der Waals surface area contributed by atoms with Crippen LogP contribution in [0.25, 0.3) is 0 Å². The molecule has 1 aromatic carbocycles. The minimum Gasteiger partial charge on any atom is -0.357 e. The lowest BCUT2D eigenvalue weighted by molar-refractivity contribution is -0.137. The molecular formula is C18H17ClF3N3O. The van der Waals surface area contributed by atoms with Crippen molar-refractivity contribution in [1.82, 2.24) is 4.98 Å². The Hall–Kier alpha value is -2.28. The third kappa shape index (κ3) is 4.27. The van der Waals surface area contributed by atoms with Crippen LogP contribution in [0.1, 0.15) is 35.2 Å². The molecule has 0 atom stereocenters. The number of nitrogens with one attached hydrogen (secondary N) is 1. The van der Waals surface area contributed by atoms with Gasteiger partial charge in [-0.3, -0.25) is 4.79 Å². The zero-order chi connectivity index (χ0) is 18.7. The van der Waals surface area contributed by atoms with Gasteiger partial charge in [-0.2, -0.15) is 13.2 Å². The lowest BCUT2D eigenvalue weighted by Gasteiger charge is -2.27. The number of hydrogen-bond acceptors (Lipinski definition) is 3. The molecule has 0 radical (unpaired) electrons. The van der Waals surface area contributed by atoms with Crippen molar-refractivity contribution in [1.29, 1.82) is 0 Å². The standard InChI is InChI=1S/C18H17ClF3N3O/c19-15-5-4-13(11-14(15)18(20,21)22)24-17(26)12-6-7-23-16(10-12)25-8-2-1-3-9-25/h4-7,10-11H,1-3,8-9H2,(H,24,26). The Morgan fingerprint density at radius 3 is 2.54 bits per heavy atom. The minimum atomic E-state index is -4.59. The van der Waals surface area contributed by atoms with Crippen LogP contribution < -0.4 is 10.2 Å². The van der Waals surface area contributed by atoms with Crippen LogP contribution in [0.5, 0.6) is 0 Å². The van der Waals surface area contributed by atoms with Crippen LogP contribution in [0, 0.1) is 0 Å². The number of anilines is 2. The second kappa shape index (κ2) is 7.53. The smallest absolute Gasteiger partial charge is 0.357 e. The van der Waals surface area contributed by atoms with Gasteiger partial charge in [-0.1, -0.05) is 11.6 Å². The monoisotopic (exact) mass is 383 g/mol. The maximum absolute atomic E-state index is 12.9. The first-order chi connectivity index (χ1) is 12.3. The van der Waals surface area contributed by atoms with Crippen LogP contribution in [-0.2, 0) is 6.18 Å². The third-order valence-corrected chi connectivity index (χ3v) is 4.55. The van der Waals surface area contributed by atoms with Crippen molar-refractivity contribution >= 4 is 29.0 Å². The second-order valence-electron chi connectivity index (χ2n) is 6.10. The maximum atomic E-state index is 12.9. The van der Waals surface area contributed by atoms with Gasteiger partial charge in [-0.25, -0.2) is 4.98 Å². The molecule has 1 N–H and O–H groups in total. The molecule has 0 saturated carbocycles. The predicted molar refractivity (Wildman–Crippen MR) is 94.7 cm³/mol. The molecule has 1 fully saturated rings. The Bertz CT molecular complexity index is 805. The topological polar surface area (TPSA) is 45.2 Å². The molecule has 0 unspecified atom stereocenters. The fourth-order valence-corrected chi connectivity index (χ4v) is 3.10. The molecule has 2 aromatic rings. The first-order valence-electron chi connectivity index (χ1n) is 8.24. The molecule has 0 bridgehead atoms. The molecule has 4 nitrogen and oxygen atoms in total. The van der Waals surface area contributed by atoms with Crippen LogP contribution in [0.15, 0.2) is 36.5 Å². The van der Waals surface area contributed by atoms with Crippen molar-refractivity contribution in [3.05, 3.63) is 52.7 Å². The number of rotatable bonds is 3. The number of piperidine rings is 1. The average molecular weight is 384 g/mol. The first-order valence-corrected chi connectivity index (χ1v) is 8.61. The molecule has 3 rings (SSSR count). The average Bonchev–Trinajstić information content (AvgIpc) is 2.63. The molecule has 2 heterocycles. The summed E-state index contributed by atoms with van der Waals surface area (Å²) in [5.74, 6) is 0.200. The number of hydrogen-bond donors (Lipinski definition) is 1. The van der Waals surface area contributed by atoms with Gasteiger partial charge in [-0.15, -0.1) is 0 Å². The van der Waals surface area contributed by atoms with Crippen molar-refractivity contribution in [2.45, 2.75) is 25.4 Å². The fraction of sp³-hybridized carbons (Fsp3) is 0.333. The molecule has 0 spiro atoms. The number of aromatic nitrogens is 1. The quantitative estimate of drug-likeness (QED) is 0.811. The molecule has 138 valence electrons. The van der Waals surface area contributed by atoms with Gasteiger partial charge in [0.05, 0.1) is 10.6 Å². The van der Waals surface area contributed by atoms with Crippen molar-refractivity contribution in [2.24, 2.45) is 0 Å². The molecular weight excluding hydrogens is 367 g/mol. The predicted octanol–water partition coefficient (Wildman–Crippen LogP) is 5.00. The van der Waals surface area contributed by atoms with Gasteiger partial charge >= 0.3 is 6.18 Å². The van der Waals surface area contributed by atoms with Crippen LogP contribution >= 0.6 is 11.6 Å². The Morgan fingerprint density at radius 1 is 1.12 bits per heavy atom. The summed E-state index contributed by atoms with van der Waals surface area (Å²) in [7, 11) is 0. The first kappa shape index (κ1) is 18.5. The Morgan fingerprint density at radius 2 is 1.85 bits per heavy atom. The molecule has 1 aliphatic heterocycles. The van der Waals surface area contributed by atoms with E-state index in [1.165, 1.54) is 24.8 Å². The van der Waals surface area contributed by atoms with E-state index in [4.69, 9.17) is 11.6 Å². The van der Waals surface area contributed by atoms with E-state index >= 15 is 0 Å². The Balaban J connectivity index is 1.78. The second-order valence-corrected chi connectivity index (χ2v) is 6.50. The normalized spacial score (nSPS) is 15.0. The number of benzene rings is 1. The molecule has 1 aromatic heterocycles. The molecule has 1 amide bonds. The van der Waals surface area contributed by atoms with Gasteiger partial charge in [0, 0.05) is 30.5 Å². The van der Waals surface area contributed by atoms with E-state index in [1.54, 1.807) is 6.07 Å².